The molecule has 1 saturated carbocycles. The first-order valence-electron chi connectivity index (χ1n) is 8.22. The fraction of sp³-hybridized carbons (Fsp3) is 0.750. The Hall–Kier alpha value is -1.40. The molecule has 0 bridgehead atoms. The molecule has 2 N–H and O–H groups in total. The molecule has 1 aliphatic carbocycles. The van der Waals surface area contributed by atoms with Crippen molar-refractivity contribution in [2.24, 2.45) is 11.7 Å². The van der Waals surface area contributed by atoms with Gasteiger partial charge in [-0.15, -0.1) is 0 Å². The molecule has 1 aromatic heterocycles. The maximum atomic E-state index is 12.5. The lowest BCUT2D eigenvalue weighted by Crippen LogP contribution is -2.49. The van der Waals surface area contributed by atoms with Crippen molar-refractivity contribution in [3.63, 3.8) is 0 Å². The first-order valence-corrected chi connectivity index (χ1v) is 8.22. The van der Waals surface area contributed by atoms with E-state index in [4.69, 9.17) is 10.2 Å². The topological polar surface area (TPSA) is 75.6 Å². The first kappa shape index (κ1) is 15.5. The minimum absolute atomic E-state index is 0.151. The zero-order chi connectivity index (χ0) is 15.7. The Balaban J connectivity index is 1.49. The number of carbonyl (C=O) groups excluding carboxylic acids is 1. The van der Waals surface area contributed by atoms with Crippen molar-refractivity contribution in [1.29, 1.82) is 0 Å². The van der Waals surface area contributed by atoms with Crippen LogP contribution in [0.15, 0.2) is 4.42 Å². The van der Waals surface area contributed by atoms with Crippen LogP contribution in [0.1, 0.15) is 36.6 Å². The second-order valence-electron chi connectivity index (χ2n) is 6.62. The lowest BCUT2D eigenvalue weighted by atomic mass is 10.1. The van der Waals surface area contributed by atoms with Crippen molar-refractivity contribution in [2.45, 2.75) is 45.7 Å². The third kappa shape index (κ3) is 3.33. The summed E-state index contributed by atoms with van der Waals surface area (Å²) in [6, 6.07) is 0.215. The van der Waals surface area contributed by atoms with Crippen LogP contribution in [0.25, 0.3) is 0 Å². The molecule has 2 fully saturated rings. The molecule has 122 valence electrons. The number of rotatable bonds is 3. The van der Waals surface area contributed by atoms with Gasteiger partial charge in [0.2, 0.25) is 11.8 Å². The second kappa shape index (κ2) is 6.38. The average molecular weight is 306 g/mol. The number of amides is 1. The largest absolute Gasteiger partial charge is 0.444 e. The summed E-state index contributed by atoms with van der Waals surface area (Å²) in [6.45, 7) is 7.98. The lowest BCUT2D eigenvalue weighted by Gasteiger charge is -2.35. The summed E-state index contributed by atoms with van der Waals surface area (Å²) in [5.41, 5.74) is 6.88. The molecule has 2 aliphatic rings. The van der Waals surface area contributed by atoms with Gasteiger partial charge in [0.15, 0.2) is 0 Å². The van der Waals surface area contributed by atoms with Crippen LogP contribution in [0.5, 0.6) is 0 Å². The SMILES string of the molecule is Cc1nc(CN2CCN(C(=O)[C@H]3CC[C@@H](N)C3)CC2)oc1C. The summed E-state index contributed by atoms with van der Waals surface area (Å²) in [5, 5.41) is 0. The van der Waals surface area contributed by atoms with Crippen molar-refractivity contribution >= 4 is 5.91 Å². The minimum atomic E-state index is 0.151. The van der Waals surface area contributed by atoms with Gasteiger partial charge < -0.3 is 15.1 Å². The minimum Gasteiger partial charge on any atom is -0.444 e. The number of carbonyl (C=O) groups is 1. The molecule has 1 saturated heterocycles. The standard InChI is InChI=1S/C16H26N4O2/c1-11-12(2)22-15(18-11)10-19-5-7-20(8-6-19)16(21)13-3-4-14(17)9-13/h13-14H,3-10,17H2,1-2H3/t13-,14+/m0/s1. The van der Waals surface area contributed by atoms with Crippen LogP contribution >= 0.6 is 0 Å². The van der Waals surface area contributed by atoms with Crippen molar-refractivity contribution in [3.8, 4) is 0 Å². The van der Waals surface area contributed by atoms with Gasteiger partial charge in [-0.3, -0.25) is 9.69 Å². The Bertz CT molecular complexity index is 515. The zero-order valence-corrected chi connectivity index (χ0v) is 13.5. The van der Waals surface area contributed by atoms with Gasteiger partial charge in [-0.2, -0.15) is 0 Å². The summed E-state index contributed by atoms with van der Waals surface area (Å²) < 4.78 is 5.64. The second-order valence-corrected chi connectivity index (χ2v) is 6.62. The fourth-order valence-electron chi connectivity index (χ4n) is 3.42. The van der Waals surface area contributed by atoms with Crippen molar-refractivity contribution in [1.82, 2.24) is 14.8 Å². The van der Waals surface area contributed by atoms with Gasteiger partial charge in [-0.1, -0.05) is 0 Å². The quantitative estimate of drug-likeness (QED) is 0.904. The Labute approximate surface area is 131 Å². The van der Waals surface area contributed by atoms with Gasteiger partial charge in [-0.25, -0.2) is 4.98 Å². The highest BCUT2D eigenvalue weighted by molar-refractivity contribution is 5.79. The van der Waals surface area contributed by atoms with E-state index in [1.54, 1.807) is 0 Å². The molecule has 0 unspecified atom stereocenters. The molecule has 1 aliphatic heterocycles. The third-order valence-corrected chi connectivity index (χ3v) is 4.94. The van der Waals surface area contributed by atoms with Gasteiger partial charge in [-0.05, 0) is 33.1 Å². The maximum absolute atomic E-state index is 12.5. The Morgan fingerprint density at radius 2 is 2.00 bits per heavy atom. The van der Waals surface area contributed by atoms with E-state index in [0.29, 0.717) is 5.91 Å². The zero-order valence-electron chi connectivity index (χ0n) is 13.5. The fourth-order valence-corrected chi connectivity index (χ4v) is 3.42. The predicted octanol–water partition coefficient (Wildman–Crippen LogP) is 1.06. The Kier molecular flexibility index (Phi) is 4.49. The summed E-state index contributed by atoms with van der Waals surface area (Å²) >= 11 is 0. The first-order chi connectivity index (χ1) is 10.5. The normalized spacial score (nSPS) is 26.6. The van der Waals surface area contributed by atoms with Gasteiger partial charge in [0.1, 0.15) is 5.76 Å². The Morgan fingerprint density at radius 3 is 2.55 bits per heavy atom. The molecule has 0 radical (unpaired) electrons. The molecule has 1 amide bonds. The number of nitrogens with zero attached hydrogens (tertiary/aromatic N) is 3. The molecule has 2 atom stereocenters. The highest BCUT2D eigenvalue weighted by Crippen LogP contribution is 2.26. The van der Waals surface area contributed by atoms with Crippen LogP contribution in [0.2, 0.25) is 0 Å². The Morgan fingerprint density at radius 1 is 1.27 bits per heavy atom. The average Bonchev–Trinajstić information content (AvgIpc) is 3.06. The van der Waals surface area contributed by atoms with Gasteiger partial charge in [0, 0.05) is 38.1 Å². The van der Waals surface area contributed by atoms with Crippen LogP contribution in [0, 0.1) is 19.8 Å². The van der Waals surface area contributed by atoms with E-state index in [-0.39, 0.29) is 12.0 Å². The monoisotopic (exact) mass is 306 g/mol. The van der Waals surface area contributed by atoms with E-state index in [2.05, 4.69) is 9.88 Å². The van der Waals surface area contributed by atoms with Crippen LogP contribution in [-0.4, -0.2) is 52.9 Å². The van der Waals surface area contributed by atoms with Crippen LogP contribution in [0.4, 0.5) is 0 Å². The van der Waals surface area contributed by atoms with E-state index >= 15 is 0 Å². The molecule has 6 heteroatoms. The summed E-state index contributed by atoms with van der Waals surface area (Å²) in [4.78, 5) is 21.2. The maximum Gasteiger partial charge on any atom is 0.225 e. The van der Waals surface area contributed by atoms with E-state index < -0.39 is 0 Å². The summed E-state index contributed by atoms with van der Waals surface area (Å²) in [5.74, 6) is 2.12. The molecule has 0 spiro atoms. The lowest BCUT2D eigenvalue weighted by molar-refractivity contribution is -0.137. The summed E-state index contributed by atoms with van der Waals surface area (Å²) in [6.07, 6.45) is 2.79. The van der Waals surface area contributed by atoms with Crippen LogP contribution in [0.3, 0.4) is 0 Å². The van der Waals surface area contributed by atoms with E-state index in [1.165, 1.54) is 0 Å². The van der Waals surface area contributed by atoms with Gasteiger partial charge in [0.25, 0.3) is 0 Å². The molecule has 1 aromatic rings. The highest BCUT2D eigenvalue weighted by Gasteiger charge is 2.32. The van der Waals surface area contributed by atoms with E-state index in [0.717, 1.165) is 69.3 Å². The van der Waals surface area contributed by atoms with Crippen LogP contribution < -0.4 is 5.73 Å². The molecule has 0 aromatic carbocycles. The number of hydrogen-bond acceptors (Lipinski definition) is 5. The van der Waals surface area contributed by atoms with Gasteiger partial charge >= 0.3 is 0 Å². The molecule has 6 nitrogen and oxygen atoms in total. The van der Waals surface area contributed by atoms with E-state index in [1.807, 2.05) is 18.7 Å². The number of hydrogen-bond donors (Lipinski definition) is 1. The number of aryl methyl sites for hydroxylation is 2. The number of aromatic nitrogens is 1. The molecule has 22 heavy (non-hydrogen) atoms. The molecule has 3 rings (SSSR count). The van der Waals surface area contributed by atoms with Crippen LogP contribution in [-0.2, 0) is 11.3 Å². The smallest absolute Gasteiger partial charge is 0.225 e. The molecule has 2 heterocycles. The van der Waals surface area contributed by atoms with Crippen molar-refractivity contribution in [3.05, 3.63) is 17.3 Å². The number of nitrogens with two attached hydrogens (primary N) is 1. The number of piperazine rings is 1. The van der Waals surface area contributed by atoms with Crippen molar-refractivity contribution < 1.29 is 9.21 Å². The highest BCUT2D eigenvalue weighted by atomic mass is 16.4. The summed E-state index contributed by atoms with van der Waals surface area (Å²) in [7, 11) is 0. The van der Waals surface area contributed by atoms with E-state index in [9.17, 15) is 4.79 Å². The predicted molar refractivity (Wildman–Crippen MR) is 83.2 cm³/mol. The molecular formula is C16H26N4O2. The van der Waals surface area contributed by atoms with Gasteiger partial charge in [0.05, 0.1) is 12.2 Å². The number of oxazole rings is 1. The third-order valence-electron chi connectivity index (χ3n) is 4.94. The van der Waals surface area contributed by atoms with Crippen molar-refractivity contribution in [2.75, 3.05) is 26.2 Å². The molecular weight excluding hydrogens is 280 g/mol.